The van der Waals surface area contributed by atoms with Crippen LogP contribution in [0.2, 0.25) is 0 Å². The Bertz CT molecular complexity index is 1250. The maximum Gasteiger partial charge on any atom is 0.417 e. The lowest BCUT2D eigenvalue weighted by molar-refractivity contribution is -0.137. The third-order valence-corrected chi connectivity index (χ3v) is 6.09. The smallest absolute Gasteiger partial charge is 0.376 e. The first kappa shape index (κ1) is 20.9. The molecule has 0 unspecified atom stereocenters. The first-order chi connectivity index (χ1) is 15.2. The zero-order chi connectivity index (χ0) is 22.6. The van der Waals surface area contributed by atoms with Crippen LogP contribution in [0, 0.1) is 13.8 Å². The van der Waals surface area contributed by atoms with Gasteiger partial charge in [-0.3, -0.25) is 4.98 Å². The van der Waals surface area contributed by atoms with Crippen LogP contribution in [0.25, 0.3) is 5.78 Å². The number of fused-ring (bicyclic) bond motifs is 2. The quantitative estimate of drug-likeness (QED) is 0.597. The van der Waals surface area contributed by atoms with Crippen LogP contribution < -0.4 is 10.6 Å². The Morgan fingerprint density at radius 1 is 1.25 bits per heavy atom. The van der Waals surface area contributed by atoms with Crippen LogP contribution in [-0.2, 0) is 30.4 Å². The molecule has 0 bridgehead atoms. The van der Waals surface area contributed by atoms with Gasteiger partial charge >= 0.3 is 11.9 Å². The Morgan fingerprint density at radius 2 is 2.03 bits per heavy atom. The zero-order valence-electron chi connectivity index (χ0n) is 17.8. The van der Waals surface area contributed by atoms with Crippen molar-refractivity contribution in [1.29, 1.82) is 0 Å². The van der Waals surface area contributed by atoms with Gasteiger partial charge in [-0.05, 0) is 38.3 Å². The molecule has 0 amide bonds. The molecule has 0 saturated heterocycles. The average molecular weight is 448 g/mol. The van der Waals surface area contributed by atoms with E-state index in [1.54, 1.807) is 0 Å². The van der Waals surface area contributed by atoms with Gasteiger partial charge in [-0.1, -0.05) is 0 Å². The minimum atomic E-state index is -4.44. The van der Waals surface area contributed by atoms with E-state index >= 15 is 0 Å². The lowest BCUT2D eigenvalue weighted by Gasteiger charge is -2.31. The fraction of sp³-hybridized carbons (Fsp3) is 0.524. The van der Waals surface area contributed by atoms with Crippen LogP contribution in [-0.4, -0.2) is 43.4 Å². The van der Waals surface area contributed by atoms with Crippen molar-refractivity contribution in [3.63, 3.8) is 0 Å². The molecule has 0 spiro atoms. The molecule has 1 aliphatic heterocycles. The van der Waals surface area contributed by atoms with Gasteiger partial charge in [0.05, 0.1) is 24.8 Å². The molecular formula is C21H23F3N6O2. The van der Waals surface area contributed by atoms with E-state index in [0.717, 1.165) is 30.7 Å². The number of pyridine rings is 1. The maximum absolute atomic E-state index is 13.1. The van der Waals surface area contributed by atoms with E-state index < -0.39 is 11.7 Å². The average Bonchev–Trinajstić information content (AvgIpc) is 3.52. The monoisotopic (exact) mass is 448 g/mol. The molecule has 0 radical (unpaired) electrons. The molecule has 1 aliphatic carbocycles. The summed E-state index contributed by atoms with van der Waals surface area (Å²) in [5, 5.41) is 4.37. The molecule has 0 aromatic carbocycles. The van der Waals surface area contributed by atoms with E-state index in [1.807, 2.05) is 18.7 Å². The molecule has 2 aliphatic rings. The molecule has 8 nitrogen and oxygen atoms in total. The largest absolute Gasteiger partial charge is 0.417 e. The number of ether oxygens (including phenoxy) is 1. The van der Waals surface area contributed by atoms with E-state index in [-0.39, 0.29) is 18.0 Å². The van der Waals surface area contributed by atoms with Crippen molar-refractivity contribution in [2.75, 3.05) is 18.1 Å². The second-order valence-corrected chi connectivity index (χ2v) is 8.36. The zero-order valence-corrected chi connectivity index (χ0v) is 17.8. The minimum Gasteiger partial charge on any atom is -0.376 e. The van der Waals surface area contributed by atoms with E-state index in [0.29, 0.717) is 55.0 Å². The van der Waals surface area contributed by atoms with Gasteiger partial charge in [0, 0.05) is 42.7 Å². The molecule has 170 valence electrons. The number of nitrogens with zero attached hydrogens (tertiary/aromatic N) is 6. The van der Waals surface area contributed by atoms with Gasteiger partial charge in [0.1, 0.15) is 5.82 Å². The van der Waals surface area contributed by atoms with E-state index in [1.165, 1.54) is 9.08 Å². The third-order valence-electron chi connectivity index (χ3n) is 6.09. The molecule has 1 saturated carbocycles. The van der Waals surface area contributed by atoms with E-state index in [2.05, 4.69) is 15.1 Å². The molecule has 11 heteroatoms. The Balaban J connectivity index is 1.46. The predicted molar refractivity (Wildman–Crippen MR) is 110 cm³/mol. The SMILES string of the molecule is Cc1c(N2CCc3ncc(C(F)(F)F)cc3C2)nc2nn(CCOC3CC3)c(=O)n2c1C. The van der Waals surface area contributed by atoms with Crippen LogP contribution in [0.5, 0.6) is 0 Å². The van der Waals surface area contributed by atoms with Gasteiger partial charge in [-0.25, -0.2) is 13.9 Å². The Labute approximate surface area is 181 Å². The van der Waals surface area contributed by atoms with E-state index in [4.69, 9.17) is 4.74 Å². The number of aryl methyl sites for hydroxylation is 1. The fourth-order valence-electron chi connectivity index (χ4n) is 4.03. The van der Waals surface area contributed by atoms with Crippen molar-refractivity contribution in [3.05, 3.63) is 50.8 Å². The van der Waals surface area contributed by atoms with Gasteiger partial charge < -0.3 is 9.64 Å². The van der Waals surface area contributed by atoms with Gasteiger partial charge in [0.15, 0.2) is 0 Å². The normalized spacial score (nSPS) is 16.6. The molecule has 0 atom stereocenters. The van der Waals surface area contributed by atoms with Crippen LogP contribution in [0.15, 0.2) is 17.1 Å². The number of halogens is 3. The van der Waals surface area contributed by atoms with Gasteiger partial charge in [-0.2, -0.15) is 18.2 Å². The van der Waals surface area contributed by atoms with Crippen LogP contribution in [0.3, 0.4) is 0 Å². The highest BCUT2D eigenvalue weighted by Gasteiger charge is 2.33. The molecular weight excluding hydrogens is 425 g/mol. The van der Waals surface area contributed by atoms with Crippen molar-refractivity contribution >= 4 is 11.6 Å². The lowest BCUT2D eigenvalue weighted by Crippen LogP contribution is -2.33. The maximum atomic E-state index is 13.1. The van der Waals surface area contributed by atoms with Crippen LogP contribution in [0.4, 0.5) is 19.0 Å². The van der Waals surface area contributed by atoms with E-state index in [9.17, 15) is 18.0 Å². The Morgan fingerprint density at radius 3 is 2.75 bits per heavy atom. The Kier molecular flexibility index (Phi) is 4.95. The van der Waals surface area contributed by atoms with Gasteiger partial charge in [0.25, 0.3) is 5.78 Å². The van der Waals surface area contributed by atoms with Crippen LogP contribution in [0.1, 0.15) is 40.9 Å². The predicted octanol–water partition coefficient (Wildman–Crippen LogP) is 2.66. The number of anilines is 1. The summed E-state index contributed by atoms with van der Waals surface area (Å²) in [5.41, 5.74) is 1.66. The van der Waals surface area contributed by atoms with Crippen LogP contribution >= 0.6 is 0 Å². The van der Waals surface area contributed by atoms with Crippen molar-refractivity contribution in [2.45, 2.75) is 58.5 Å². The molecule has 0 N–H and O–H groups in total. The highest BCUT2D eigenvalue weighted by molar-refractivity contribution is 5.55. The molecule has 4 heterocycles. The summed E-state index contributed by atoms with van der Waals surface area (Å²) in [4.78, 5) is 23.4. The summed E-state index contributed by atoms with van der Waals surface area (Å²) >= 11 is 0. The highest BCUT2D eigenvalue weighted by atomic mass is 19.4. The summed E-state index contributed by atoms with van der Waals surface area (Å²) in [5.74, 6) is 0.886. The highest BCUT2D eigenvalue weighted by Crippen LogP contribution is 2.32. The first-order valence-electron chi connectivity index (χ1n) is 10.6. The number of alkyl halides is 3. The summed E-state index contributed by atoms with van der Waals surface area (Å²) in [6.45, 7) is 5.26. The van der Waals surface area contributed by atoms with Crippen molar-refractivity contribution in [2.24, 2.45) is 0 Å². The Hall–Kier alpha value is -2.95. The summed E-state index contributed by atoms with van der Waals surface area (Å²) in [6, 6.07) is 1.16. The second-order valence-electron chi connectivity index (χ2n) is 8.36. The second kappa shape index (κ2) is 7.58. The number of rotatable bonds is 5. The third kappa shape index (κ3) is 3.74. The molecule has 3 aromatic rings. The summed E-state index contributed by atoms with van der Waals surface area (Å²) in [6.07, 6.45) is -0.625. The number of hydrogen-bond acceptors (Lipinski definition) is 6. The summed E-state index contributed by atoms with van der Waals surface area (Å²) in [7, 11) is 0. The number of hydrogen-bond donors (Lipinski definition) is 0. The molecule has 1 fully saturated rings. The topological polar surface area (TPSA) is 77.6 Å². The lowest BCUT2D eigenvalue weighted by atomic mass is 10.0. The summed E-state index contributed by atoms with van der Waals surface area (Å²) < 4.78 is 47.8. The first-order valence-corrected chi connectivity index (χ1v) is 10.6. The number of aromatic nitrogens is 5. The molecule has 5 rings (SSSR count). The van der Waals surface area contributed by atoms with Crippen molar-refractivity contribution in [3.8, 4) is 0 Å². The van der Waals surface area contributed by atoms with Gasteiger partial charge in [0.2, 0.25) is 0 Å². The van der Waals surface area contributed by atoms with Crippen molar-refractivity contribution < 1.29 is 17.9 Å². The minimum absolute atomic E-state index is 0.260. The van der Waals surface area contributed by atoms with Gasteiger partial charge in [-0.15, -0.1) is 5.10 Å². The van der Waals surface area contributed by atoms with Crippen molar-refractivity contribution in [1.82, 2.24) is 24.1 Å². The molecule has 32 heavy (non-hydrogen) atoms. The fourth-order valence-corrected chi connectivity index (χ4v) is 4.03. The molecule has 3 aromatic heterocycles. The standard InChI is InChI=1S/C21H23F3N6O2/c1-12-13(2)30-19(27-29(20(30)31)7-8-32-16-3-4-16)26-18(12)28-6-5-17-14(11-28)9-15(10-25-17)21(22,23)24/h9-10,16H,3-8,11H2,1-2H3.